The number of hydrogen-bond donors (Lipinski definition) is 1. The Morgan fingerprint density at radius 3 is 2.00 bits per heavy atom. The van der Waals surface area contributed by atoms with Crippen LogP contribution in [0.25, 0.3) is 0 Å². The van der Waals surface area contributed by atoms with Crippen LogP contribution in [0.5, 0.6) is 0 Å². The van der Waals surface area contributed by atoms with Gasteiger partial charge in [-0.15, -0.1) is 11.6 Å². The fraction of sp³-hybridized carbons (Fsp3) is 1.00. The number of rotatable bonds is 2. The summed E-state index contributed by atoms with van der Waals surface area (Å²) in [5.74, 6) is 0.531. The van der Waals surface area contributed by atoms with E-state index in [1.807, 2.05) is 0 Å². The molecular formula is C5H11ClO. The number of alkyl halides is 1. The van der Waals surface area contributed by atoms with E-state index in [-0.39, 0.29) is 0 Å². The Morgan fingerprint density at radius 2 is 2.00 bits per heavy atom. The molecule has 1 nitrogen and oxygen atoms in total. The maximum atomic E-state index is 8.93. The second kappa shape index (κ2) is 2.53. The molecule has 0 saturated carbocycles. The number of aliphatic hydroxyl groups is 1. The maximum Gasteiger partial charge on any atom is 0.0603 e. The summed E-state index contributed by atoms with van der Waals surface area (Å²) in [6, 6.07) is 0. The normalized spacial score (nSPS) is 12.0. The smallest absolute Gasteiger partial charge is 0.0603 e. The number of hydrogen-bond acceptors (Lipinski definition) is 1. The molecule has 0 amide bonds. The van der Waals surface area contributed by atoms with Crippen molar-refractivity contribution in [3.63, 3.8) is 0 Å². The van der Waals surface area contributed by atoms with E-state index in [0.717, 1.165) is 0 Å². The molecule has 0 saturated heterocycles. The Hall–Kier alpha value is 0.250. The van der Waals surface area contributed by atoms with Crippen molar-refractivity contribution in [1.29, 1.82) is 0 Å². The van der Waals surface area contributed by atoms with E-state index in [9.17, 15) is 0 Å². The highest BCUT2D eigenvalue weighted by atomic mass is 35.5. The van der Waals surface area contributed by atoms with E-state index in [1.54, 1.807) is 13.8 Å². The van der Waals surface area contributed by atoms with Gasteiger partial charge in [-0.25, -0.2) is 0 Å². The van der Waals surface area contributed by atoms with Crippen molar-refractivity contribution >= 4 is 11.6 Å². The predicted molar refractivity (Wildman–Crippen MR) is 31.6 cm³/mol. The van der Waals surface area contributed by atoms with Gasteiger partial charge >= 0.3 is 0 Å². The lowest BCUT2D eigenvalue weighted by molar-refractivity contribution is 0.0774. The molecule has 0 unspecified atom stereocenters. The molecule has 0 bridgehead atoms. The van der Waals surface area contributed by atoms with Gasteiger partial charge in [-0.2, -0.15) is 0 Å². The third-order valence-electron chi connectivity index (χ3n) is 0.706. The minimum absolute atomic E-state index is 0.531. The Balaban J connectivity index is 3.15. The van der Waals surface area contributed by atoms with Crippen LogP contribution in [0.1, 0.15) is 20.3 Å². The van der Waals surface area contributed by atoms with Gasteiger partial charge in [-0.3, -0.25) is 0 Å². The Kier molecular flexibility index (Phi) is 2.62. The van der Waals surface area contributed by atoms with Gasteiger partial charge in [0.15, 0.2) is 0 Å². The van der Waals surface area contributed by atoms with Crippen molar-refractivity contribution in [3.8, 4) is 0 Å². The van der Waals surface area contributed by atoms with Crippen LogP contribution in [-0.4, -0.2) is 16.6 Å². The molecule has 0 heterocycles. The van der Waals surface area contributed by atoms with E-state index < -0.39 is 5.60 Å². The fourth-order valence-electron chi connectivity index (χ4n) is 0.231. The van der Waals surface area contributed by atoms with E-state index in [4.69, 9.17) is 16.7 Å². The summed E-state index contributed by atoms with van der Waals surface area (Å²) in [7, 11) is 0. The molecular weight excluding hydrogens is 112 g/mol. The van der Waals surface area contributed by atoms with Gasteiger partial charge in [0.05, 0.1) is 5.60 Å². The molecule has 0 aromatic carbocycles. The van der Waals surface area contributed by atoms with Gasteiger partial charge in [-0.05, 0) is 20.3 Å². The SMILES string of the molecule is CC(C)(O)CCCl. The molecule has 0 spiro atoms. The fourth-order valence-corrected chi connectivity index (χ4v) is 0.694. The molecule has 0 rings (SSSR count). The first-order chi connectivity index (χ1) is 3.06. The highest BCUT2D eigenvalue weighted by molar-refractivity contribution is 6.17. The van der Waals surface area contributed by atoms with Crippen molar-refractivity contribution in [3.05, 3.63) is 0 Å². The molecule has 7 heavy (non-hydrogen) atoms. The van der Waals surface area contributed by atoms with Crippen molar-refractivity contribution in [1.82, 2.24) is 0 Å². The van der Waals surface area contributed by atoms with E-state index >= 15 is 0 Å². The molecule has 44 valence electrons. The third-order valence-corrected chi connectivity index (χ3v) is 0.895. The summed E-state index contributed by atoms with van der Waals surface area (Å²) in [6.07, 6.45) is 0.661. The van der Waals surface area contributed by atoms with Crippen LogP contribution in [0.15, 0.2) is 0 Å². The van der Waals surface area contributed by atoms with Crippen molar-refractivity contribution < 1.29 is 5.11 Å². The summed E-state index contributed by atoms with van der Waals surface area (Å²) in [5, 5.41) is 8.93. The first-order valence-electron chi connectivity index (χ1n) is 2.34. The number of halogens is 1. The average molecular weight is 123 g/mol. The molecule has 0 radical (unpaired) electrons. The van der Waals surface area contributed by atoms with Crippen LogP contribution < -0.4 is 0 Å². The van der Waals surface area contributed by atoms with Crippen LogP contribution in [0.4, 0.5) is 0 Å². The molecule has 0 aliphatic carbocycles. The average Bonchev–Trinajstić information content (AvgIpc) is 1.30. The molecule has 0 atom stereocenters. The second-order valence-electron chi connectivity index (χ2n) is 2.25. The van der Waals surface area contributed by atoms with Crippen LogP contribution in [-0.2, 0) is 0 Å². The molecule has 0 aliphatic rings. The lowest BCUT2D eigenvalue weighted by Gasteiger charge is -2.13. The first-order valence-corrected chi connectivity index (χ1v) is 2.88. The first kappa shape index (κ1) is 7.25. The van der Waals surface area contributed by atoms with E-state index in [0.29, 0.717) is 12.3 Å². The third kappa shape index (κ3) is 6.25. The minimum atomic E-state index is -0.582. The van der Waals surface area contributed by atoms with Gasteiger partial charge in [-0.1, -0.05) is 0 Å². The molecule has 2 heteroatoms. The van der Waals surface area contributed by atoms with Gasteiger partial charge in [0.1, 0.15) is 0 Å². The minimum Gasteiger partial charge on any atom is -0.390 e. The van der Waals surface area contributed by atoms with Gasteiger partial charge in [0.25, 0.3) is 0 Å². The Labute approximate surface area is 49.3 Å². The zero-order valence-corrected chi connectivity index (χ0v) is 5.50. The highest BCUT2D eigenvalue weighted by Gasteiger charge is 2.09. The Morgan fingerprint density at radius 1 is 1.57 bits per heavy atom. The molecule has 0 aromatic heterocycles. The zero-order chi connectivity index (χ0) is 5.91. The summed E-state index contributed by atoms with van der Waals surface area (Å²) >= 11 is 5.33. The lowest BCUT2D eigenvalue weighted by Crippen LogP contribution is -2.18. The summed E-state index contributed by atoms with van der Waals surface area (Å²) in [6.45, 7) is 3.49. The monoisotopic (exact) mass is 122 g/mol. The summed E-state index contributed by atoms with van der Waals surface area (Å²) < 4.78 is 0. The zero-order valence-electron chi connectivity index (χ0n) is 4.74. The maximum absolute atomic E-state index is 8.93. The summed E-state index contributed by atoms with van der Waals surface area (Å²) in [4.78, 5) is 0. The standard InChI is InChI=1S/C5H11ClO/c1-5(2,7)3-4-6/h7H,3-4H2,1-2H3. The topological polar surface area (TPSA) is 20.2 Å². The van der Waals surface area contributed by atoms with Crippen LogP contribution >= 0.6 is 11.6 Å². The van der Waals surface area contributed by atoms with Crippen molar-refractivity contribution in [2.75, 3.05) is 5.88 Å². The summed E-state index contributed by atoms with van der Waals surface area (Å²) in [5.41, 5.74) is -0.582. The molecule has 1 N–H and O–H groups in total. The Bertz CT molecular complexity index is 46.5. The van der Waals surface area contributed by atoms with Gasteiger partial charge in [0.2, 0.25) is 0 Å². The lowest BCUT2D eigenvalue weighted by atomic mass is 10.1. The predicted octanol–water partition coefficient (Wildman–Crippen LogP) is 1.39. The highest BCUT2D eigenvalue weighted by Crippen LogP contribution is 2.06. The van der Waals surface area contributed by atoms with Crippen LogP contribution in [0.3, 0.4) is 0 Å². The van der Waals surface area contributed by atoms with Gasteiger partial charge in [0, 0.05) is 5.88 Å². The molecule has 0 fully saturated rings. The van der Waals surface area contributed by atoms with Crippen molar-refractivity contribution in [2.24, 2.45) is 0 Å². The quantitative estimate of drug-likeness (QED) is 0.549. The van der Waals surface area contributed by atoms with Crippen LogP contribution in [0, 0.1) is 0 Å². The molecule has 0 aliphatic heterocycles. The van der Waals surface area contributed by atoms with E-state index in [1.165, 1.54) is 0 Å². The largest absolute Gasteiger partial charge is 0.390 e. The van der Waals surface area contributed by atoms with E-state index in [2.05, 4.69) is 0 Å². The van der Waals surface area contributed by atoms with Gasteiger partial charge < -0.3 is 5.11 Å². The van der Waals surface area contributed by atoms with Crippen LogP contribution in [0.2, 0.25) is 0 Å². The second-order valence-corrected chi connectivity index (χ2v) is 2.63. The molecule has 0 aromatic rings. The van der Waals surface area contributed by atoms with Crippen molar-refractivity contribution in [2.45, 2.75) is 25.9 Å².